The van der Waals surface area contributed by atoms with Crippen LogP contribution in [0.4, 0.5) is 10.5 Å². The molecule has 1 amide bonds. The number of primary amides is 1. The van der Waals surface area contributed by atoms with Gasteiger partial charge in [0.05, 0.1) is 11.5 Å². The molecule has 0 spiro atoms. The minimum atomic E-state index is -0.711. The van der Waals surface area contributed by atoms with Gasteiger partial charge in [0.1, 0.15) is 5.56 Å². The molecule has 0 saturated carbocycles. The van der Waals surface area contributed by atoms with E-state index in [1.165, 1.54) is 12.1 Å². The number of nitrogens with zero attached hydrogens (tertiary/aromatic N) is 1. The van der Waals surface area contributed by atoms with E-state index >= 15 is 0 Å². The van der Waals surface area contributed by atoms with Gasteiger partial charge in [0.2, 0.25) is 0 Å². The van der Waals surface area contributed by atoms with Crippen LogP contribution in [0, 0.1) is 10.1 Å². The Balaban J connectivity index is 0.000000379. The summed E-state index contributed by atoms with van der Waals surface area (Å²) < 4.78 is 4.18. The molecule has 0 aromatic heterocycles. The van der Waals surface area contributed by atoms with Crippen LogP contribution >= 0.6 is 0 Å². The van der Waals surface area contributed by atoms with E-state index in [2.05, 4.69) is 10.5 Å². The Labute approximate surface area is 132 Å². The largest absolute Gasteiger partial charge is 0.450 e. The van der Waals surface area contributed by atoms with E-state index in [1.54, 1.807) is 49.4 Å². The van der Waals surface area contributed by atoms with Crippen LogP contribution in [0.5, 0.6) is 0 Å². The van der Waals surface area contributed by atoms with E-state index < -0.39 is 11.0 Å². The minimum Gasteiger partial charge on any atom is -0.450 e. The van der Waals surface area contributed by atoms with Gasteiger partial charge >= 0.3 is 6.09 Å². The molecule has 0 heterocycles. The van der Waals surface area contributed by atoms with Gasteiger partial charge in [-0.2, -0.15) is 0 Å². The summed E-state index contributed by atoms with van der Waals surface area (Å²) in [6.45, 7) is 2.06. The van der Waals surface area contributed by atoms with Crippen molar-refractivity contribution >= 4 is 17.6 Å². The summed E-state index contributed by atoms with van der Waals surface area (Å²) >= 11 is 0. The number of ether oxygens (including phenoxy) is 1. The number of hydrogen-bond donors (Lipinski definition) is 1. The van der Waals surface area contributed by atoms with Gasteiger partial charge in [0.25, 0.3) is 5.69 Å². The molecule has 0 radical (unpaired) electrons. The molecular formula is C16H16N2O5. The van der Waals surface area contributed by atoms with Crippen molar-refractivity contribution in [1.82, 2.24) is 0 Å². The number of amides is 1. The lowest BCUT2D eigenvalue weighted by molar-refractivity contribution is -0.385. The van der Waals surface area contributed by atoms with Gasteiger partial charge in [-0.15, -0.1) is 0 Å². The second-order valence-corrected chi connectivity index (χ2v) is 4.22. The number of hydrogen-bond acceptors (Lipinski definition) is 5. The third-order valence-corrected chi connectivity index (χ3v) is 2.67. The first-order valence-electron chi connectivity index (χ1n) is 6.72. The van der Waals surface area contributed by atoms with Gasteiger partial charge < -0.3 is 10.5 Å². The van der Waals surface area contributed by atoms with E-state index in [9.17, 15) is 19.7 Å². The van der Waals surface area contributed by atoms with Crippen molar-refractivity contribution in [1.29, 1.82) is 0 Å². The summed E-state index contributed by atoms with van der Waals surface area (Å²) in [7, 11) is 0. The molecule has 0 aliphatic rings. The quantitative estimate of drug-likeness (QED) is 0.529. The molecule has 0 aliphatic carbocycles. The first-order chi connectivity index (χ1) is 11.0. The van der Waals surface area contributed by atoms with Gasteiger partial charge in [0.15, 0.2) is 5.78 Å². The number of nitro benzene ring substituents is 1. The third-order valence-electron chi connectivity index (χ3n) is 2.67. The predicted molar refractivity (Wildman–Crippen MR) is 84.2 cm³/mol. The number of nitrogens with two attached hydrogens (primary N) is 1. The summed E-state index contributed by atoms with van der Waals surface area (Å²) in [6.07, 6.45) is -0.711. The lowest BCUT2D eigenvalue weighted by Crippen LogP contribution is -2.11. The average Bonchev–Trinajstić information content (AvgIpc) is 2.55. The second-order valence-electron chi connectivity index (χ2n) is 4.22. The van der Waals surface area contributed by atoms with Crippen LogP contribution in [0.15, 0.2) is 54.6 Å². The third kappa shape index (κ3) is 5.58. The highest BCUT2D eigenvalue weighted by Crippen LogP contribution is 2.20. The van der Waals surface area contributed by atoms with Gasteiger partial charge in [-0.1, -0.05) is 42.5 Å². The molecule has 2 aromatic carbocycles. The summed E-state index contributed by atoms with van der Waals surface area (Å²) in [5.41, 5.74) is 4.94. The highest BCUT2D eigenvalue weighted by Gasteiger charge is 2.19. The Hall–Kier alpha value is -3.22. The molecule has 2 aromatic rings. The fraction of sp³-hybridized carbons (Fsp3) is 0.125. The lowest BCUT2D eigenvalue weighted by Gasteiger charge is -2.01. The van der Waals surface area contributed by atoms with E-state index in [0.29, 0.717) is 12.2 Å². The molecule has 2 N–H and O–H groups in total. The zero-order valence-corrected chi connectivity index (χ0v) is 12.5. The van der Waals surface area contributed by atoms with Gasteiger partial charge in [-0.3, -0.25) is 14.9 Å². The van der Waals surface area contributed by atoms with Crippen LogP contribution in [-0.4, -0.2) is 23.4 Å². The van der Waals surface area contributed by atoms with Crippen molar-refractivity contribution in [3.05, 3.63) is 75.8 Å². The SMILES string of the molecule is CCOC(N)=O.O=C(c1ccccc1)c1ccccc1[N+](=O)[O-]. The Morgan fingerprint density at radius 3 is 2.13 bits per heavy atom. The maximum atomic E-state index is 12.1. The van der Waals surface area contributed by atoms with Crippen molar-refractivity contribution < 1.29 is 19.2 Å². The van der Waals surface area contributed by atoms with Gasteiger partial charge in [-0.05, 0) is 13.0 Å². The van der Waals surface area contributed by atoms with Crippen LogP contribution in [0.2, 0.25) is 0 Å². The molecule has 0 bridgehead atoms. The van der Waals surface area contributed by atoms with Crippen molar-refractivity contribution in [2.24, 2.45) is 5.73 Å². The molecule has 120 valence electrons. The maximum absolute atomic E-state index is 12.1. The smallest absolute Gasteiger partial charge is 0.404 e. The summed E-state index contributed by atoms with van der Waals surface area (Å²) in [6, 6.07) is 14.5. The maximum Gasteiger partial charge on any atom is 0.404 e. The normalized spacial score (nSPS) is 9.26. The number of nitro groups is 1. The fourth-order valence-corrected chi connectivity index (χ4v) is 1.71. The number of rotatable bonds is 4. The van der Waals surface area contributed by atoms with Crippen molar-refractivity contribution in [3.63, 3.8) is 0 Å². The molecule has 0 aliphatic heterocycles. The highest BCUT2D eigenvalue weighted by atomic mass is 16.6. The number of para-hydroxylation sites is 1. The Morgan fingerprint density at radius 1 is 1.09 bits per heavy atom. The second kappa shape index (κ2) is 8.93. The Morgan fingerprint density at radius 2 is 1.65 bits per heavy atom. The fourth-order valence-electron chi connectivity index (χ4n) is 1.71. The summed E-state index contributed by atoms with van der Waals surface area (Å²) in [5.74, 6) is -0.335. The zero-order chi connectivity index (χ0) is 17.2. The molecule has 7 heteroatoms. The van der Waals surface area contributed by atoms with E-state index in [4.69, 9.17) is 0 Å². The first kappa shape index (κ1) is 17.8. The first-order valence-corrected chi connectivity index (χ1v) is 6.72. The van der Waals surface area contributed by atoms with Crippen LogP contribution in [0.25, 0.3) is 0 Å². The summed E-state index contributed by atoms with van der Waals surface area (Å²) in [5, 5.41) is 10.8. The summed E-state index contributed by atoms with van der Waals surface area (Å²) in [4.78, 5) is 31.9. The standard InChI is InChI=1S/C13H9NO3.C3H7NO2/c15-13(10-6-2-1-3-7-10)11-8-4-5-9-12(11)14(16)17;1-2-6-3(4)5/h1-9H;2H2,1H3,(H2,4,5). The number of benzene rings is 2. The van der Waals surface area contributed by atoms with Crippen LogP contribution in [0.1, 0.15) is 22.8 Å². The molecule has 0 fully saturated rings. The molecular weight excluding hydrogens is 300 g/mol. The monoisotopic (exact) mass is 316 g/mol. The van der Waals surface area contributed by atoms with Crippen LogP contribution < -0.4 is 5.73 Å². The lowest BCUT2D eigenvalue weighted by atomic mass is 10.0. The number of ketones is 1. The van der Waals surface area contributed by atoms with Gasteiger partial charge in [0, 0.05) is 11.6 Å². The van der Waals surface area contributed by atoms with Crippen molar-refractivity contribution in [2.45, 2.75) is 6.92 Å². The minimum absolute atomic E-state index is 0.115. The molecule has 0 unspecified atom stereocenters. The average molecular weight is 316 g/mol. The van der Waals surface area contributed by atoms with Crippen LogP contribution in [0.3, 0.4) is 0 Å². The molecule has 0 atom stereocenters. The number of carbonyl (C=O) groups excluding carboxylic acids is 2. The highest BCUT2D eigenvalue weighted by molar-refractivity contribution is 6.11. The molecule has 7 nitrogen and oxygen atoms in total. The van der Waals surface area contributed by atoms with E-state index in [1.807, 2.05) is 0 Å². The topological polar surface area (TPSA) is 113 Å². The van der Waals surface area contributed by atoms with E-state index in [0.717, 1.165) is 0 Å². The zero-order valence-electron chi connectivity index (χ0n) is 12.5. The molecule has 2 rings (SSSR count). The Kier molecular flexibility index (Phi) is 6.93. The molecule has 23 heavy (non-hydrogen) atoms. The van der Waals surface area contributed by atoms with E-state index in [-0.39, 0.29) is 17.0 Å². The van der Waals surface area contributed by atoms with Crippen LogP contribution in [-0.2, 0) is 4.74 Å². The number of carbonyl (C=O) groups is 2. The van der Waals surface area contributed by atoms with Crippen molar-refractivity contribution in [2.75, 3.05) is 6.61 Å². The van der Waals surface area contributed by atoms with Crippen molar-refractivity contribution in [3.8, 4) is 0 Å². The molecule has 0 saturated heterocycles. The van der Waals surface area contributed by atoms with Gasteiger partial charge in [-0.25, -0.2) is 4.79 Å². The Bertz CT molecular complexity index is 686. The predicted octanol–water partition coefficient (Wildman–Crippen LogP) is 2.93.